The molecule has 5 heteroatoms. The largest absolute Gasteiger partial charge is 0.330 e. The Labute approximate surface area is 79.0 Å². The van der Waals surface area contributed by atoms with Crippen LogP contribution in [0.2, 0.25) is 0 Å². The van der Waals surface area contributed by atoms with Gasteiger partial charge in [-0.1, -0.05) is 0 Å². The molecule has 0 radical (unpaired) electrons. The van der Waals surface area contributed by atoms with Crippen molar-refractivity contribution in [3.05, 3.63) is 0 Å². The molecule has 0 aliphatic carbocycles. The summed E-state index contributed by atoms with van der Waals surface area (Å²) in [4.78, 5) is 0. The number of rotatable bonds is 7. The summed E-state index contributed by atoms with van der Waals surface area (Å²) in [5, 5.41) is 0. The van der Waals surface area contributed by atoms with E-state index >= 15 is 0 Å². The Hall–Kier alpha value is 0.260. The summed E-state index contributed by atoms with van der Waals surface area (Å²) in [6, 6.07) is 0. The zero-order chi connectivity index (χ0) is 9.45. The van der Waals surface area contributed by atoms with Crippen LogP contribution in [0.4, 0.5) is 0 Å². The van der Waals surface area contributed by atoms with Crippen LogP contribution >= 0.6 is 11.8 Å². The third-order valence-corrected chi connectivity index (χ3v) is 3.98. The summed E-state index contributed by atoms with van der Waals surface area (Å²) in [6.07, 6.45) is 3.32. The molecule has 12 heavy (non-hydrogen) atoms. The molecule has 0 aliphatic heterocycles. The molecule has 0 unspecified atom stereocenters. The van der Waals surface area contributed by atoms with Crippen molar-refractivity contribution in [1.29, 1.82) is 0 Å². The van der Waals surface area contributed by atoms with E-state index in [2.05, 4.69) is 0 Å². The highest BCUT2D eigenvalue weighted by Gasteiger charge is 2.08. The summed E-state index contributed by atoms with van der Waals surface area (Å²) in [5.41, 5.74) is 5.22. The van der Waals surface area contributed by atoms with Crippen LogP contribution in [0.1, 0.15) is 12.8 Å². The lowest BCUT2D eigenvalue weighted by Crippen LogP contribution is -2.14. The third kappa shape index (κ3) is 6.94. The molecule has 0 aromatic heterocycles. The molecule has 0 aromatic carbocycles. The second kappa shape index (κ2) is 6.74. The fourth-order valence-corrected chi connectivity index (χ4v) is 2.84. The van der Waals surface area contributed by atoms with Gasteiger partial charge in [-0.25, -0.2) is 8.42 Å². The van der Waals surface area contributed by atoms with Crippen LogP contribution in [-0.2, 0) is 9.84 Å². The number of hydrogen-bond donors (Lipinski definition) is 1. The van der Waals surface area contributed by atoms with Gasteiger partial charge in [0.2, 0.25) is 0 Å². The SMILES string of the molecule is CSCCCS(=O)(=O)CCCN. The van der Waals surface area contributed by atoms with Crippen LogP contribution < -0.4 is 5.73 Å². The van der Waals surface area contributed by atoms with Gasteiger partial charge < -0.3 is 5.73 Å². The Morgan fingerprint density at radius 1 is 1.25 bits per heavy atom. The van der Waals surface area contributed by atoms with E-state index in [4.69, 9.17) is 5.73 Å². The summed E-state index contributed by atoms with van der Waals surface area (Å²) < 4.78 is 22.4. The molecule has 0 saturated heterocycles. The predicted octanol–water partition coefficient (Wildman–Crippen LogP) is 0.503. The van der Waals surface area contributed by atoms with E-state index in [9.17, 15) is 8.42 Å². The van der Waals surface area contributed by atoms with E-state index in [0.717, 1.165) is 12.2 Å². The highest BCUT2D eigenvalue weighted by atomic mass is 32.2. The van der Waals surface area contributed by atoms with Crippen LogP contribution in [-0.4, -0.2) is 38.5 Å². The average molecular weight is 211 g/mol. The summed E-state index contributed by atoms with van der Waals surface area (Å²) in [6.45, 7) is 0.460. The molecule has 0 saturated carbocycles. The van der Waals surface area contributed by atoms with Crippen molar-refractivity contribution in [2.75, 3.05) is 30.1 Å². The molecule has 0 rings (SSSR count). The molecular formula is C7H17NO2S2. The van der Waals surface area contributed by atoms with Gasteiger partial charge in [0.15, 0.2) is 0 Å². The third-order valence-electron chi connectivity index (χ3n) is 1.46. The van der Waals surface area contributed by atoms with E-state index in [0.29, 0.717) is 18.7 Å². The minimum Gasteiger partial charge on any atom is -0.330 e. The smallest absolute Gasteiger partial charge is 0.150 e. The van der Waals surface area contributed by atoms with Gasteiger partial charge in [0.1, 0.15) is 9.84 Å². The maximum Gasteiger partial charge on any atom is 0.150 e. The predicted molar refractivity (Wildman–Crippen MR) is 55.3 cm³/mol. The number of thioether (sulfide) groups is 1. The Morgan fingerprint density at radius 2 is 1.83 bits per heavy atom. The maximum atomic E-state index is 11.2. The van der Waals surface area contributed by atoms with Crippen molar-refractivity contribution >= 4 is 21.6 Å². The van der Waals surface area contributed by atoms with Crippen molar-refractivity contribution < 1.29 is 8.42 Å². The molecule has 0 amide bonds. The summed E-state index contributed by atoms with van der Waals surface area (Å²) >= 11 is 1.68. The number of sulfone groups is 1. The highest BCUT2D eigenvalue weighted by molar-refractivity contribution is 7.98. The van der Waals surface area contributed by atoms with Crippen molar-refractivity contribution in [2.45, 2.75) is 12.8 Å². The zero-order valence-corrected chi connectivity index (χ0v) is 9.09. The fourth-order valence-electron chi connectivity index (χ4n) is 0.828. The lowest BCUT2D eigenvalue weighted by atomic mass is 10.5. The molecule has 0 atom stereocenters. The minimum absolute atomic E-state index is 0.248. The Balaban J connectivity index is 3.58. The first kappa shape index (κ1) is 12.3. The van der Waals surface area contributed by atoms with Gasteiger partial charge in [-0.2, -0.15) is 11.8 Å². The Kier molecular flexibility index (Phi) is 6.89. The minimum atomic E-state index is -2.81. The maximum absolute atomic E-state index is 11.2. The van der Waals surface area contributed by atoms with E-state index in [1.54, 1.807) is 11.8 Å². The number of nitrogens with two attached hydrogens (primary N) is 1. The van der Waals surface area contributed by atoms with Crippen LogP contribution in [0.25, 0.3) is 0 Å². The summed E-state index contributed by atoms with van der Waals surface area (Å²) in [5.74, 6) is 1.48. The van der Waals surface area contributed by atoms with Gasteiger partial charge in [0, 0.05) is 0 Å². The molecule has 0 aliphatic rings. The normalized spacial score (nSPS) is 11.8. The fraction of sp³-hybridized carbons (Fsp3) is 1.00. The van der Waals surface area contributed by atoms with Crippen LogP contribution in [0.5, 0.6) is 0 Å². The Bertz CT molecular complexity index is 190. The van der Waals surface area contributed by atoms with Gasteiger partial charge in [0.05, 0.1) is 11.5 Å². The second-order valence-electron chi connectivity index (χ2n) is 2.64. The lowest BCUT2D eigenvalue weighted by molar-refractivity contribution is 0.592. The van der Waals surface area contributed by atoms with Crippen LogP contribution in [0, 0.1) is 0 Å². The molecule has 2 N–H and O–H groups in total. The molecular weight excluding hydrogens is 194 g/mol. The van der Waals surface area contributed by atoms with E-state index in [1.807, 2.05) is 6.26 Å². The highest BCUT2D eigenvalue weighted by Crippen LogP contribution is 2.01. The summed E-state index contributed by atoms with van der Waals surface area (Å²) in [7, 11) is -2.81. The van der Waals surface area contributed by atoms with Crippen molar-refractivity contribution in [1.82, 2.24) is 0 Å². The first-order chi connectivity index (χ1) is 5.62. The van der Waals surface area contributed by atoms with Crippen LogP contribution in [0.3, 0.4) is 0 Å². The van der Waals surface area contributed by atoms with Gasteiger partial charge >= 0.3 is 0 Å². The second-order valence-corrected chi connectivity index (χ2v) is 5.93. The van der Waals surface area contributed by atoms with E-state index < -0.39 is 9.84 Å². The van der Waals surface area contributed by atoms with Gasteiger partial charge in [-0.05, 0) is 31.4 Å². The van der Waals surface area contributed by atoms with Crippen molar-refractivity contribution in [3.63, 3.8) is 0 Å². The standard InChI is InChI=1S/C7H17NO2S2/c1-11-5-3-7-12(9,10)6-2-4-8/h2-8H2,1H3. The van der Waals surface area contributed by atoms with Gasteiger partial charge in [-0.15, -0.1) is 0 Å². The van der Waals surface area contributed by atoms with Crippen molar-refractivity contribution in [2.24, 2.45) is 5.73 Å². The Morgan fingerprint density at radius 3 is 2.33 bits per heavy atom. The molecule has 3 nitrogen and oxygen atoms in total. The molecule has 74 valence electrons. The zero-order valence-electron chi connectivity index (χ0n) is 7.45. The van der Waals surface area contributed by atoms with E-state index in [-0.39, 0.29) is 5.75 Å². The lowest BCUT2D eigenvalue weighted by Gasteiger charge is -2.01. The molecule has 0 heterocycles. The van der Waals surface area contributed by atoms with Crippen molar-refractivity contribution in [3.8, 4) is 0 Å². The molecule has 0 fully saturated rings. The molecule has 0 bridgehead atoms. The first-order valence-corrected chi connectivity index (χ1v) is 7.23. The molecule has 0 aromatic rings. The first-order valence-electron chi connectivity index (χ1n) is 4.02. The topological polar surface area (TPSA) is 60.2 Å². The quantitative estimate of drug-likeness (QED) is 0.623. The molecule has 0 spiro atoms. The van der Waals surface area contributed by atoms with Crippen LogP contribution in [0.15, 0.2) is 0 Å². The average Bonchev–Trinajstić information content (AvgIpc) is 2.01. The van der Waals surface area contributed by atoms with E-state index in [1.165, 1.54) is 0 Å². The van der Waals surface area contributed by atoms with Gasteiger partial charge in [-0.3, -0.25) is 0 Å². The van der Waals surface area contributed by atoms with Gasteiger partial charge in [0.25, 0.3) is 0 Å². The number of hydrogen-bond acceptors (Lipinski definition) is 4. The monoisotopic (exact) mass is 211 g/mol.